The standard InChI is InChI=1S/C29H48N6O/c1-5-22(4)34-18-26-10-11-27(19-34)35(26)29-30-16-24(17-31-29)23-6-8-25(9-7-23)33-14-12-32(13-15-33)20-28(36)21(2)3/h16-17,21-23,25-27H,5-15,18-20H2,1-4H3/t22?,23-,25-,26?,27?. The minimum atomic E-state index is 0.145. The lowest BCUT2D eigenvalue weighted by atomic mass is 9.82. The SMILES string of the molecule is CCC(C)N1CC2CCC(C1)N2c1ncc([C@H]2CC[C@H](N3CCN(CC(=O)C(C)C)CC3)CC2)cn1. The van der Waals surface area contributed by atoms with Gasteiger partial charge in [-0.3, -0.25) is 19.5 Å². The zero-order chi connectivity index (χ0) is 25.2. The van der Waals surface area contributed by atoms with Crippen LogP contribution in [0.15, 0.2) is 12.4 Å². The summed E-state index contributed by atoms with van der Waals surface area (Å²) < 4.78 is 0. The van der Waals surface area contributed by atoms with E-state index in [1.165, 1.54) is 50.5 Å². The molecule has 4 heterocycles. The first-order chi connectivity index (χ1) is 17.4. The number of hydrogen-bond donors (Lipinski definition) is 0. The van der Waals surface area contributed by atoms with Crippen molar-refractivity contribution < 1.29 is 4.79 Å². The molecule has 5 rings (SSSR count). The lowest BCUT2D eigenvalue weighted by Crippen LogP contribution is -2.56. The van der Waals surface area contributed by atoms with Crippen LogP contribution in [0.3, 0.4) is 0 Å². The molecule has 3 aliphatic heterocycles. The average Bonchev–Trinajstić information content (AvgIpc) is 3.17. The molecule has 1 aromatic rings. The Hall–Kier alpha value is -1.57. The first kappa shape index (κ1) is 26.1. The van der Waals surface area contributed by atoms with Gasteiger partial charge < -0.3 is 4.90 Å². The van der Waals surface area contributed by atoms with Gasteiger partial charge in [0.05, 0.1) is 6.54 Å². The normalized spacial score (nSPS) is 31.2. The number of nitrogens with zero attached hydrogens (tertiary/aromatic N) is 6. The monoisotopic (exact) mass is 496 g/mol. The summed E-state index contributed by atoms with van der Waals surface area (Å²) in [5.41, 5.74) is 1.33. The number of anilines is 1. The van der Waals surface area contributed by atoms with Crippen molar-refractivity contribution in [2.75, 3.05) is 50.7 Å². The van der Waals surface area contributed by atoms with Crippen LogP contribution >= 0.6 is 0 Å². The second-order valence-electron chi connectivity index (χ2n) is 12.3. The van der Waals surface area contributed by atoms with E-state index in [0.717, 1.165) is 45.2 Å². The van der Waals surface area contributed by atoms with Crippen molar-refractivity contribution in [1.29, 1.82) is 0 Å². The maximum Gasteiger partial charge on any atom is 0.225 e. The number of likely N-dealkylation sites (tertiary alicyclic amines) is 1. The first-order valence-electron chi connectivity index (χ1n) is 14.8. The summed E-state index contributed by atoms with van der Waals surface area (Å²) >= 11 is 0. The Labute approximate surface area is 218 Å². The number of aromatic nitrogens is 2. The van der Waals surface area contributed by atoms with E-state index in [-0.39, 0.29) is 5.92 Å². The van der Waals surface area contributed by atoms with E-state index >= 15 is 0 Å². The van der Waals surface area contributed by atoms with Gasteiger partial charge in [-0.2, -0.15) is 0 Å². The highest BCUT2D eigenvalue weighted by Gasteiger charge is 2.42. The Morgan fingerprint density at radius 1 is 0.889 bits per heavy atom. The largest absolute Gasteiger partial charge is 0.332 e. The molecule has 0 radical (unpaired) electrons. The van der Waals surface area contributed by atoms with Crippen molar-refractivity contribution >= 4 is 11.7 Å². The fourth-order valence-corrected chi connectivity index (χ4v) is 7.02. The van der Waals surface area contributed by atoms with Crippen LogP contribution in [-0.4, -0.2) is 100 Å². The Balaban J connectivity index is 1.10. The smallest absolute Gasteiger partial charge is 0.225 e. The van der Waals surface area contributed by atoms with E-state index in [9.17, 15) is 4.79 Å². The molecule has 0 N–H and O–H groups in total. The summed E-state index contributed by atoms with van der Waals surface area (Å²) in [6, 6.07) is 2.51. The molecule has 3 saturated heterocycles. The van der Waals surface area contributed by atoms with Crippen molar-refractivity contribution in [2.24, 2.45) is 5.92 Å². The second kappa shape index (κ2) is 11.4. The number of fused-ring (bicyclic) bond motifs is 2. The molecule has 1 aromatic heterocycles. The molecule has 36 heavy (non-hydrogen) atoms. The molecule has 4 aliphatic rings. The van der Waals surface area contributed by atoms with Crippen LogP contribution in [0.4, 0.5) is 5.95 Å². The van der Waals surface area contributed by atoms with Crippen LogP contribution in [0.1, 0.15) is 84.1 Å². The Morgan fingerprint density at radius 3 is 2.03 bits per heavy atom. The van der Waals surface area contributed by atoms with E-state index in [4.69, 9.17) is 9.97 Å². The number of Topliss-reactive ketones (excluding diaryl/α,β-unsaturated/α-hetero) is 1. The average molecular weight is 497 g/mol. The van der Waals surface area contributed by atoms with Gasteiger partial charge in [0.1, 0.15) is 5.78 Å². The second-order valence-corrected chi connectivity index (χ2v) is 12.3. The number of hydrogen-bond acceptors (Lipinski definition) is 7. The lowest BCUT2D eigenvalue weighted by molar-refractivity contribution is -0.123. The van der Waals surface area contributed by atoms with Gasteiger partial charge in [-0.1, -0.05) is 20.8 Å². The maximum atomic E-state index is 12.1. The summed E-state index contributed by atoms with van der Waals surface area (Å²) in [4.78, 5) is 32.2. The molecule has 7 nitrogen and oxygen atoms in total. The maximum absolute atomic E-state index is 12.1. The molecule has 4 fully saturated rings. The quantitative estimate of drug-likeness (QED) is 0.543. The molecule has 2 bridgehead atoms. The number of piperazine rings is 2. The lowest BCUT2D eigenvalue weighted by Gasteiger charge is -2.43. The van der Waals surface area contributed by atoms with Crippen molar-refractivity contribution in [3.63, 3.8) is 0 Å². The molecule has 0 amide bonds. The minimum Gasteiger partial charge on any atom is -0.332 e. The van der Waals surface area contributed by atoms with Gasteiger partial charge in [0.25, 0.3) is 0 Å². The predicted octanol–water partition coefficient (Wildman–Crippen LogP) is 3.80. The molecular formula is C29H48N6O. The summed E-state index contributed by atoms with van der Waals surface area (Å²) in [6.45, 7) is 15.9. The number of carbonyl (C=O) groups excluding carboxylic acids is 1. The Kier molecular flexibility index (Phi) is 8.28. The molecule has 3 unspecified atom stereocenters. The highest BCUT2D eigenvalue weighted by molar-refractivity contribution is 5.82. The highest BCUT2D eigenvalue weighted by Crippen LogP contribution is 2.37. The minimum absolute atomic E-state index is 0.145. The van der Waals surface area contributed by atoms with Crippen molar-refractivity contribution in [3.05, 3.63) is 18.0 Å². The Bertz CT molecular complexity index is 845. The van der Waals surface area contributed by atoms with Gasteiger partial charge in [0.2, 0.25) is 5.95 Å². The number of ketones is 1. The van der Waals surface area contributed by atoms with E-state index in [1.807, 2.05) is 13.8 Å². The van der Waals surface area contributed by atoms with E-state index < -0.39 is 0 Å². The van der Waals surface area contributed by atoms with Gasteiger partial charge in [0.15, 0.2) is 0 Å². The molecule has 3 atom stereocenters. The number of rotatable bonds is 8. The molecule has 0 aromatic carbocycles. The van der Waals surface area contributed by atoms with Crippen LogP contribution < -0.4 is 4.90 Å². The first-order valence-corrected chi connectivity index (χ1v) is 14.8. The summed E-state index contributed by atoms with van der Waals surface area (Å²) in [7, 11) is 0. The fourth-order valence-electron chi connectivity index (χ4n) is 7.02. The van der Waals surface area contributed by atoms with Gasteiger partial charge in [-0.15, -0.1) is 0 Å². The topological polar surface area (TPSA) is 55.8 Å². The van der Waals surface area contributed by atoms with Gasteiger partial charge >= 0.3 is 0 Å². The number of carbonyl (C=O) groups is 1. The van der Waals surface area contributed by atoms with Crippen LogP contribution in [0.5, 0.6) is 0 Å². The van der Waals surface area contributed by atoms with Crippen molar-refractivity contribution in [3.8, 4) is 0 Å². The van der Waals surface area contributed by atoms with E-state index in [2.05, 4.69) is 45.8 Å². The third-order valence-electron chi connectivity index (χ3n) is 9.73. The summed E-state index contributed by atoms with van der Waals surface area (Å²) in [6.07, 6.45) is 13.0. The molecular weight excluding hydrogens is 448 g/mol. The van der Waals surface area contributed by atoms with Crippen molar-refractivity contribution in [1.82, 2.24) is 24.7 Å². The third kappa shape index (κ3) is 5.63. The third-order valence-corrected chi connectivity index (χ3v) is 9.73. The zero-order valence-electron chi connectivity index (χ0n) is 23.1. The van der Waals surface area contributed by atoms with Crippen LogP contribution in [-0.2, 0) is 4.79 Å². The van der Waals surface area contributed by atoms with E-state index in [0.29, 0.717) is 42.4 Å². The molecule has 200 valence electrons. The van der Waals surface area contributed by atoms with Crippen LogP contribution in [0, 0.1) is 5.92 Å². The zero-order valence-corrected chi connectivity index (χ0v) is 23.1. The van der Waals surface area contributed by atoms with Crippen LogP contribution in [0.25, 0.3) is 0 Å². The molecule has 7 heteroatoms. The predicted molar refractivity (Wildman–Crippen MR) is 146 cm³/mol. The molecule has 0 spiro atoms. The van der Waals surface area contributed by atoms with Gasteiger partial charge in [-0.05, 0) is 63.4 Å². The summed E-state index contributed by atoms with van der Waals surface area (Å²) in [5.74, 6) is 2.07. The van der Waals surface area contributed by atoms with E-state index in [1.54, 1.807) is 0 Å². The van der Waals surface area contributed by atoms with Gasteiger partial charge in [0, 0.05) is 81.7 Å². The Morgan fingerprint density at radius 2 is 1.47 bits per heavy atom. The molecule has 1 aliphatic carbocycles. The van der Waals surface area contributed by atoms with Gasteiger partial charge in [-0.25, -0.2) is 9.97 Å². The van der Waals surface area contributed by atoms with Crippen molar-refractivity contribution in [2.45, 2.75) is 103 Å². The molecule has 1 saturated carbocycles. The highest BCUT2D eigenvalue weighted by atomic mass is 16.1. The van der Waals surface area contributed by atoms with Crippen LogP contribution in [0.2, 0.25) is 0 Å². The summed E-state index contributed by atoms with van der Waals surface area (Å²) in [5, 5.41) is 0. The fraction of sp³-hybridized carbons (Fsp3) is 0.828.